The summed E-state index contributed by atoms with van der Waals surface area (Å²) >= 11 is 1.45. The Bertz CT molecular complexity index is 655. The van der Waals surface area contributed by atoms with Crippen LogP contribution >= 0.6 is 11.3 Å². The fraction of sp³-hybridized carbons (Fsp3) is 0.231. The molecule has 0 spiro atoms. The monoisotopic (exact) mass is 306 g/mol. The molecule has 0 atom stereocenters. The molecule has 7 nitrogen and oxygen atoms in total. The van der Waals surface area contributed by atoms with Crippen LogP contribution in [0.5, 0.6) is 0 Å². The van der Waals surface area contributed by atoms with Crippen molar-refractivity contribution in [2.75, 3.05) is 19.4 Å². The first-order valence-corrected chi connectivity index (χ1v) is 6.99. The Kier molecular flexibility index (Phi) is 4.49. The van der Waals surface area contributed by atoms with Gasteiger partial charge in [-0.15, -0.1) is 11.3 Å². The first-order valence-electron chi connectivity index (χ1n) is 6.11. The minimum Gasteiger partial charge on any atom is -0.373 e. The van der Waals surface area contributed by atoms with Gasteiger partial charge in [-0.25, -0.2) is 4.98 Å². The molecular formula is C13H14N4O3S. The van der Waals surface area contributed by atoms with Crippen molar-refractivity contribution in [3.8, 4) is 0 Å². The number of carbonyl (C=O) groups excluding carboxylic acids is 1. The van der Waals surface area contributed by atoms with Crippen LogP contribution in [-0.4, -0.2) is 34.8 Å². The molecule has 110 valence electrons. The first-order chi connectivity index (χ1) is 9.99. The maximum absolute atomic E-state index is 11.9. The van der Waals surface area contributed by atoms with Crippen LogP contribution in [-0.2, 0) is 6.54 Å². The molecule has 2 aromatic rings. The molecule has 1 amide bonds. The van der Waals surface area contributed by atoms with Gasteiger partial charge in [0.25, 0.3) is 11.6 Å². The van der Waals surface area contributed by atoms with Crippen molar-refractivity contribution in [3.63, 3.8) is 0 Å². The smallest absolute Gasteiger partial charge is 0.292 e. The number of amides is 1. The van der Waals surface area contributed by atoms with Crippen molar-refractivity contribution in [1.29, 1.82) is 0 Å². The van der Waals surface area contributed by atoms with Gasteiger partial charge in [0.15, 0.2) is 0 Å². The largest absolute Gasteiger partial charge is 0.373 e. The summed E-state index contributed by atoms with van der Waals surface area (Å²) in [5.74, 6) is -0.206. The number of benzene rings is 1. The second-order valence-electron chi connectivity index (χ2n) is 4.47. The van der Waals surface area contributed by atoms with Gasteiger partial charge in [0.2, 0.25) is 0 Å². The number of nitro benzene ring substituents is 1. The molecule has 21 heavy (non-hydrogen) atoms. The molecular weight excluding hydrogens is 292 g/mol. The summed E-state index contributed by atoms with van der Waals surface area (Å²) in [6.07, 6.45) is 1.67. The quantitative estimate of drug-likeness (QED) is 0.676. The van der Waals surface area contributed by atoms with Crippen LogP contribution in [0, 0.1) is 10.1 Å². The van der Waals surface area contributed by atoms with Crippen LogP contribution in [0.1, 0.15) is 15.4 Å². The molecule has 0 bridgehead atoms. The highest BCUT2D eigenvalue weighted by molar-refractivity contribution is 7.09. The lowest BCUT2D eigenvalue weighted by molar-refractivity contribution is -0.384. The third-order valence-electron chi connectivity index (χ3n) is 2.76. The zero-order chi connectivity index (χ0) is 15.4. The summed E-state index contributed by atoms with van der Waals surface area (Å²) < 4.78 is 0. The second kappa shape index (κ2) is 6.31. The number of thiazole rings is 1. The summed E-state index contributed by atoms with van der Waals surface area (Å²) in [6.45, 7) is 0.373. The van der Waals surface area contributed by atoms with Crippen molar-refractivity contribution >= 4 is 28.6 Å². The number of nitro groups is 1. The van der Waals surface area contributed by atoms with Crippen molar-refractivity contribution in [2.24, 2.45) is 0 Å². The van der Waals surface area contributed by atoms with Gasteiger partial charge in [0.1, 0.15) is 10.7 Å². The van der Waals surface area contributed by atoms with Gasteiger partial charge in [0.05, 0.1) is 11.5 Å². The summed E-state index contributed by atoms with van der Waals surface area (Å²) in [6, 6.07) is 4.28. The van der Waals surface area contributed by atoms with Gasteiger partial charge in [0, 0.05) is 37.3 Å². The average Bonchev–Trinajstić information content (AvgIpc) is 2.97. The van der Waals surface area contributed by atoms with Gasteiger partial charge in [-0.05, 0) is 12.1 Å². The second-order valence-corrected chi connectivity index (χ2v) is 5.45. The third kappa shape index (κ3) is 3.54. The summed E-state index contributed by atoms with van der Waals surface area (Å²) in [4.78, 5) is 28.0. The van der Waals surface area contributed by atoms with E-state index in [4.69, 9.17) is 0 Å². The minimum absolute atomic E-state index is 0.0677. The predicted molar refractivity (Wildman–Crippen MR) is 80.6 cm³/mol. The molecule has 0 saturated heterocycles. The van der Waals surface area contributed by atoms with E-state index in [1.165, 1.54) is 34.4 Å². The lowest BCUT2D eigenvalue weighted by atomic mass is 10.1. The lowest BCUT2D eigenvalue weighted by Gasteiger charge is -2.12. The van der Waals surface area contributed by atoms with E-state index in [1.54, 1.807) is 20.3 Å². The number of rotatable bonds is 5. The molecule has 2 rings (SSSR count). The molecule has 0 aliphatic carbocycles. The van der Waals surface area contributed by atoms with Crippen molar-refractivity contribution in [1.82, 2.24) is 9.88 Å². The van der Waals surface area contributed by atoms with Gasteiger partial charge in [-0.1, -0.05) is 0 Å². The van der Waals surface area contributed by atoms with Crippen LogP contribution in [0.25, 0.3) is 0 Å². The van der Waals surface area contributed by atoms with Gasteiger partial charge >= 0.3 is 0 Å². The molecule has 1 N–H and O–H groups in total. The maximum atomic E-state index is 11.9. The molecule has 0 fully saturated rings. The number of anilines is 1. The molecule has 0 aliphatic rings. The molecule has 1 aromatic carbocycles. The van der Waals surface area contributed by atoms with E-state index >= 15 is 0 Å². The molecule has 0 unspecified atom stereocenters. The van der Waals surface area contributed by atoms with Crippen molar-refractivity contribution in [2.45, 2.75) is 6.54 Å². The van der Waals surface area contributed by atoms with Gasteiger partial charge in [-0.2, -0.15) is 0 Å². The van der Waals surface area contributed by atoms with Crippen LogP contribution in [0.2, 0.25) is 0 Å². The topological polar surface area (TPSA) is 88.4 Å². The molecule has 0 aliphatic heterocycles. The summed E-state index contributed by atoms with van der Waals surface area (Å²) in [5.41, 5.74) is 0.636. The lowest BCUT2D eigenvalue weighted by Crippen LogP contribution is -2.21. The average molecular weight is 306 g/mol. The van der Waals surface area contributed by atoms with Crippen LogP contribution < -0.4 is 5.32 Å². The normalized spacial score (nSPS) is 10.2. The van der Waals surface area contributed by atoms with E-state index in [9.17, 15) is 14.9 Å². The fourth-order valence-corrected chi connectivity index (χ4v) is 2.30. The number of nitrogens with zero attached hydrogens (tertiary/aromatic N) is 3. The standard InChI is InChI=1S/C13H14N4O3S/c1-16(2)13(18)9-3-4-11(17(19)20)10(7-9)15-8-12-14-5-6-21-12/h3-7,15H,8H2,1-2H3. The zero-order valence-electron chi connectivity index (χ0n) is 11.6. The Hall–Kier alpha value is -2.48. The van der Waals surface area contributed by atoms with Crippen molar-refractivity contribution in [3.05, 3.63) is 50.5 Å². The minimum atomic E-state index is -0.478. The van der Waals surface area contributed by atoms with E-state index < -0.39 is 4.92 Å². The first kappa shape index (κ1) is 14.9. The SMILES string of the molecule is CN(C)C(=O)c1ccc([N+](=O)[O-])c(NCc2nccs2)c1. The number of carbonyl (C=O) groups is 1. The summed E-state index contributed by atoms with van der Waals surface area (Å²) in [5, 5.41) is 16.7. The van der Waals surface area contributed by atoms with Crippen LogP contribution in [0.15, 0.2) is 29.8 Å². The zero-order valence-corrected chi connectivity index (χ0v) is 12.4. The molecule has 1 heterocycles. The highest BCUT2D eigenvalue weighted by atomic mass is 32.1. The molecule has 8 heteroatoms. The Morgan fingerprint density at radius 1 is 1.48 bits per heavy atom. The van der Waals surface area contributed by atoms with E-state index in [2.05, 4.69) is 10.3 Å². The van der Waals surface area contributed by atoms with E-state index in [-0.39, 0.29) is 11.6 Å². The van der Waals surface area contributed by atoms with E-state index in [1.807, 2.05) is 5.38 Å². The predicted octanol–water partition coefficient (Wildman–Crippen LogP) is 2.37. The Morgan fingerprint density at radius 3 is 2.81 bits per heavy atom. The number of hydrogen-bond donors (Lipinski definition) is 1. The summed E-state index contributed by atoms with van der Waals surface area (Å²) in [7, 11) is 3.26. The number of aromatic nitrogens is 1. The van der Waals surface area contributed by atoms with Gasteiger partial charge < -0.3 is 10.2 Å². The highest BCUT2D eigenvalue weighted by Crippen LogP contribution is 2.26. The number of nitrogens with one attached hydrogen (secondary N) is 1. The van der Waals surface area contributed by atoms with E-state index in [0.29, 0.717) is 17.8 Å². The van der Waals surface area contributed by atoms with E-state index in [0.717, 1.165) is 5.01 Å². The molecule has 1 aromatic heterocycles. The fourth-order valence-electron chi connectivity index (χ4n) is 1.74. The molecule has 0 radical (unpaired) electrons. The van der Waals surface area contributed by atoms with Crippen LogP contribution in [0.4, 0.5) is 11.4 Å². The molecule has 0 saturated carbocycles. The highest BCUT2D eigenvalue weighted by Gasteiger charge is 2.17. The number of hydrogen-bond acceptors (Lipinski definition) is 6. The van der Waals surface area contributed by atoms with Crippen molar-refractivity contribution < 1.29 is 9.72 Å². The van der Waals surface area contributed by atoms with Crippen LogP contribution in [0.3, 0.4) is 0 Å². The maximum Gasteiger partial charge on any atom is 0.292 e. The third-order valence-corrected chi connectivity index (χ3v) is 3.54. The Balaban J connectivity index is 2.28. The Morgan fingerprint density at radius 2 is 2.24 bits per heavy atom. The van der Waals surface area contributed by atoms with Gasteiger partial charge in [-0.3, -0.25) is 14.9 Å². The Labute approximate surface area is 125 Å².